The van der Waals surface area contributed by atoms with Crippen LogP contribution in [0.3, 0.4) is 0 Å². The molecule has 1 aromatic heterocycles. The van der Waals surface area contributed by atoms with Crippen LogP contribution in [0, 0.1) is 23.2 Å². The van der Waals surface area contributed by atoms with Crippen molar-refractivity contribution >= 4 is 5.82 Å². The van der Waals surface area contributed by atoms with E-state index in [0.29, 0.717) is 12.0 Å². The first-order chi connectivity index (χ1) is 9.76. The molecule has 0 unspecified atom stereocenters. The molecular formula is C16H24N4. The zero-order chi connectivity index (χ0) is 13.6. The van der Waals surface area contributed by atoms with Gasteiger partial charge in [0.1, 0.15) is 0 Å². The van der Waals surface area contributed by atoms with Crippen molar-refractivity contribution in [3.05, 3.63) is 17.8 Å². The van der Waals surface area contributed by atoms with E-state index in [2.05, 4.69) is 15.5 Å². The minimum atomic E-state index is 0.526. The van der Waals surface area contributed by atoms with E-state index >= 15 is 0 Å². The van der Waals surface area contributed by atoms with Crippen LogP contribution in [0.2, 0.25) is 0 Å². The number of hydrogen-bond donors (Lipinski definition) is 2. The van der Waals surface area contributed by atoms with Crippen LogP contribution in [0.4, 0.5) is 5.82 Å². The third-order valence-corrected chi connectivity index (χ3v) is 5.82. The summed E-state index contributed by atoms with van der Waals surface area (Å²) in [6.45, 7) is 1.58. The highest BCUT2D eigenvalue weighted by Gasteiger charge is 2.50. The SMILES string of the molecule is NCc1ccnnc1NCC12CC3CC(CC(C3)C1)C2. The average Bonchev–Trinajstić information content (AvgIpc) is 2.44. The molecule has 4 aliphatic rings. The van der Waals surface area contributed by atoms with Gasteiger partial charge in [-0.1, -0.05) is 0 Å². The summed E-state index contributed by atoms with van der Waals surface area (Å²) in [5.74, 6) is 3.89. The summed E-state index contributed by atoms with van der Waals surface area (Å²) in [7, 11) is 0. The zero-order valence-corrected chi connectivity index (χ0v) is 12.0. The molecule has 108 valence electrons. The van der Waals surface area contributed by atoms with Gasteiger partial charge in [-0.15, -0.1) is 5.10 Å². The second-order valence-corrected chi connectivity index (χ2v) is 7.38. The van der Waals surface area contributed by atoms with E-state index in [1.54, 1.807) is 6.20 Å². The fraction of sp³-hybridized carbons (Fsp3) is 0.750. The van der Waals surface area contributed by atoms with Crippen LogP contribution >= 0.6 is 0 Å². The second-order valence-electron chi connectivity index (χ2n) is 7.38. The summed E-state index contributed by atoms with van der Waals surface area (Å²) in [5, 5.41) is 11.8. The van der Waals surface area contributed by atoms with Gasteiger partial charge >= 0.3 is 0 Å². The Kier molecular flexibility index (Phi) is 2.95. The quantitative estimate of drug-likeness (QED) is 0.884. The van der Waals surface area contributed by atoms with E-state index in [-0.39, 0.29) is 0 Å². The Morgan fingerprint density at radius 1 is 1.15 bits per heavy atom. The molecule has 4 nitrogen and oxygen atoms in total. The number of nitrogens with two attached hydrogens (primary N) is 1. The molecule has 0 aliphatic heterocycles. The van der Waals surface area contributed by atoms with Crippen LogP contribution in [0.25, 0.3) is 0 Å². The molecule has 5 rings (SSSR count). The van der Waals surface area contributed by atoms with E-state index in [1.807, 2.05) is 6.07 Å². The lowest BCUT2D eigenvalue weighted by Gasteiger charge is -2.57. The first kappa shape index (κ1) is 12.6. The Hall–Kier alpha value is -1.16. The van der Waals surface area contributed by atoms with Crippen LogP contribution in [0.15, 0.2) is 12.3 Å². The van der Waals surface area contributed by atoms with Crippen LogP contribution in [0.5, 0.6) is 0 Å². The van der Waals surface area contributed by atoms with E-state index < -0.39 is 0 Å². The first-order valence-electron chi connectivity index (χ1n) is 8.01. The molecule has 1 aromatic rings. The van der Waals surface area contributed by atoms with Crippen molar-refractivity contribution < 1.29 is 0 Å². The molecular weight excluding hydrogens is 248 g/mol. The van der Waals surface area contributed by atoms with E-state index in [9.17, 15) is 0 Å². The molecule has 0 saturated heterocycles. The standard InChI is InChI=1S/C16H24N4/c17-9-14-1-2-19-20-15(14)18-10-16-6-11-3-12(7-16)5-13(4-11)8-16/h1-2,11-13H,3-10,17H2,(H,18,20). The molecule has 3 N–H and O–H groups in total. The summed E-state index contributed by atoms with van der Waals surface area (Å²) in [6, 6.07) is 1.97. The van der Waals surface area contributed by atoms with Crippen molar-refractivity contribution in [1.29, 1.82) is 0 Å². The van der Waals surface area contributed by atoms with Gasteiger partial charge in [-0.05, 0) is 67.8 Å². The normalized spacial score (nSPS) is 38.1. The molecule has 1 heterocycles. The smallest absolute Gasteiger partial charge is 0.153 e. The lowest BCUT2D eigenvalue weighted by molar-refractivity contribution is -0.0444. The molecule has 4 fully saturated rings. The predicted molar refractivity (Wildman–Crippen MR) is 79.0 cm³/mol. The van der Waals surface area contributed by atoms with Gasteiger partial charge in [0.05, 0.1) is 6.20 Å². The monoisotopic (exact) mass is 272 g/mol. The summed E-state index contributed by atoms with van der Waals surface area (Å²) < 4.78 is 0. The molecule has 4 saturated carbocycles. The summed E-state index contributed by atoms with van der Waals surface area (Å²) in [6.07, 6.45) is 10.5. The number of nitrogens with zero attached hydrogens (tertiary/aromatic N) is 2. The Labute approximate surface area is 120 Å². The topological polar surface area (TPSA) is 63.8 Å². The highest BCUT2D eigenvalue weighted by atomic mass is 15.2. The highest BCUT2D eigenvalue weighted by molar-refractivity contribution is 5.42. The Balaban J connectivity index is 1.49. The minimum absolute atomic E-state index is 0.526. The van der Waals surface area contributed by atoms with E-state index in [1.165, 1.54) is 38.5 Å². The fourth-order valence-electron chi connectivity index (χ4n) is 5.45. The van der Waals surface area contributed by atoms with Crippen molar-refractivity contribution in [2.45, 2.75) is 45.1 Å². The van der Waals surface area contributed by atoms with Crippen molar-refractivity contribution in [1.82, 2.24) is 10.2 Å². The largest absolute Gasteiger partial charge is 0.368 e. The van der Waals surface area contributed by atoms with Crippen molar-refractivity contribution in [2.24, 2.45) is 28.9 Å². The maximum Gasteiger partial charge on any atom is 0.153 e. The zero-order valence-electron chi connectivity index (χ0n) is 12.0. The van der Waals surface area contributed by atoms with Crippen molar-refractivity contribution in [3.8, 4) is 0 Å². The Bertz CT molecular complexity index is 464. The lowest BCUT2D eigenvalue weighted by atomic mass is 9.49. The molecule has 0 spiro atoms. The van der Waals surface area contributed by atoms with Crippen LogP contribution in [-0.2, 0) is 6.54 Å². The Morgan fingerprint density at radius 2 is 1.80 bits per heavy atom. The van der Waals surface area contributed by atoms with Gasteiger partial charge in [0.25, 0.3) is 0 Å². The molecule has 4 bridgehead atoms. The summed E-state index contributed by atoms with van der Waals surface area (Å²) in [5.41, 5.74) is 7.38. The van der Waals surface area contributed by atoms with Gasteiger partial charge < -0.3 is 11.1 Å². The molecule has 0 atom stereocenters. The summed E-state index contributed by atoms with van der Waals surface area (Å²) >= 11 is 0. The highest BCUT2D eigenvalue weighted by Crippen LogP contribution is 2.59. The number of nitrogens with one attached hydrogen (secondary N) is 1. The molecule has 0 amide bonds. The van der Waals surface area contributed by atoms with Gasteiger partial charge in [-0.25, -0.2) is 0 Å². The van der Waals surface area contributed by atoms with Gasteiger partial charge in [0, 0.05) is 18.7 Å². The summed E-state index contributed by atoms with van der Waals surface area (Å²) in [4.78, 5) is 0. The van der Waals surface area contributed by atoms with Gasteiger partial charge in [0.15, 0.2) is 5.82 Å². The van der Waals surface area contributed by atoms with E-state index in [4.69, 9.17) is 5.73 Å². The average molecular weight is 272 g/mol. The van der Waals surface area contributed by atoms with Crippen molar-refractivity contribution in [3.63, 3.8) is 0 Å². The number of aromatic nitrogens is 2. The number of anilines is 1. The third kappa shape index (κ3) is 2.10. The second kappa shape index (κ2) is 4.69. The maximum absolute atomic E-state index is 5.78. The van der Waals surface area contributed by atoms with Crippen LogP contribution < -0.4 is 11.1 Å². The minimum Gasteiger partial charge on any atom is -0.368 e. The molecule has 4 aliphatic carbocycles. The maximum atomic E-state index is 5.78. The predicted octanol–water partition coefficient (Wildman–Crippen LogP) is 2.56. The van der Waals surface area contributed by atoms with Gasteiger partial charge in [-0.2, -0.15) is 5.10 Å². The molecule has 0 aromatic carbocycles. The number of hydrogen-bond acceptors (Lipinski definition) is 4. The fourth-order valence-corrected chi connectivity index (χ4v) is 5.45. The number of rotatable bonds is 4. The van der Waals surface area contributed by atoms with Crippen LogP contribution in [-0.4, -0.2) is 16.7 Å². The van der Waals surface area contributed by atoms with Gasteiger partial charge in [-0.3, -0.25) is 0 Å². The first-order valence-corrected chi connectivity index (χ1v) is 8.01. The van der Waals surface area contributed by atoms with Crippen LogP contribution in [0.1, 0.15) is 44.1 Å². The lowest BCUT2D eigenvalue weighted by Crippen LogP contribution is -2.49. The third-order valence-electron chi connectivity index (χ3n) is 5.82. The molecule has 20 heavy (non-hydrogen) atoms. The van der Waals surface area contributed by atoms with E-state index in [0.717, 1.165) is 35.7 Å². The Morgan fingerprint density at radius 3 is 2.40 bits per heavy atom. The molecule has 4 heteroatoms. The van der Waals surface area contributed by atoms with Gasteiger partial charge in [0.2, 0.25) is 0 Å². The van der Waals surface area contributed by atoms with Crippen molar-refractivity contribution in [2.75, 3.05) is 11.9 Å². The molecule has 0 radical (unpaired) electrons.